The van der Waals surface area contributed by atoms with Crippen LogP contribution in [0, 0.1) is 5.92 Å². The van der Waals surface area contributed by atoms with Crippen LogP contribution < -0.4 is 5.32 Å². The van der Waals surface area contributed by atoms with Crippen molar-refractivity contribution in [2.24, 2.45) is 5.92 Å². The molecule has 1 aliphatic rings. The molecule has 0 bridgehead atoms. The monoisotopic (exact) mass is 265 g/mol. The Kier molecular flexibility index (Phi) is 3.32. The lowest BCUT2D eigenvalue weighted by Gasteiger charge is -2.11. The molecule has 2 aromatic heterocycles. The van der Waals surface area contributed by atoms with Gasteiger partial charge in [0.25, 0.3) is 5.78 Å². The van der Waals surface area contributed by atoms with Crippen LogP contribution in [0.1, 0.15) is 32.1 Å². The van der Waals surface area contributed by atoms with Gasteiger partial charge in [-0.05, 0) is 12.3 Å². The number of aromatic nitrogens is 4. The summed E-state index contributed by atoms with van der Waals surface area (Å²) in [5.41, 5.74) is 0. The van der Waals surface area contributed by atoms with Crippen molar-refractivity contribution in [3.8, 4) is 0 Å². The Bertz CT molecular complexity index is 532. The number of nitrogens with zero attached hydrogens (tertiary/aromatic N) is 4. The maximum Gasteiger partial charge on any atom is 0.255 e. The van der Waals surface area contributed by atoms with Crippen LogP contribution in [0.3, 0.4) is 0 Å². The average molecular weight is 266 g/mol. The zero-order valence-corrected chi connectivity index (χ0v) is 10.9. The molecule has 0 radical (unpaired) electrons. The normalized spacial score (nSPS) is 16.5. The highest BCUT2D eigenvalue weighted by Gasteiger charge is 2.14. The van der Waals surface area contributed by atoms with Crippen LogP contribution in [-0.2, 0) is 0 Å². The molecule has 2 aromatic rings. The van der Waals surface area contributed by atoms with E-state index in [4.69, 9.17) is 11.6 Å². The molecule has 0 atom stereocenters. The third-order valence-corrected chi connectivity index (χ3v) is 3.75. The van der Waals surface area contributed by atoms with Gasteiger partial charge < -0.3 is 5.32 Å². The van der Waals surface area contributed by atoms with Crippen molar-refractivity contribution in [1.29, 1.82) is 0 Å². The molecule has 0 amide bonds. The molecule has 1 N–H and O–H groups in total. The van der Waals surface area contributed by atoms with Crippen LogP contribution in [0.2, 0.25) is 5.15 Å². The number of halogens is 1. The van der Waals surface area contributed by atoms with Crippen molar-refractivity contribution in [3.63, 3.8) is 0 Å². The molecule has 0 spiro atoms. The van der Waals surface area contributed by atoms with Crippen LogP contribution in [0.4, 0.5) is 5.82 Å². The predicted octanol–water partition coefficient (Wildman–Crippen LogP) is 2.77. The maximum absolute atomic E-state index is 5.95. The minimum atomic E-state index is 0.443. The highest BCUT2D eigenvalue weighted by molar-refractivity contribution is 6.29. The third kappa shape index (κ3) is 2.41. The summed E-state index contributed by atoms with van der Waals surface area (Å²) in [5.74, 6) is 2.27. The number of nitrogens with one attached hydrogen (secondary N) is 1. The van der Waals surface area contributed by atoms with E-state index in [9.17, 15) is 0 Å². The topological polar surface area (TPSA) is 55.1 Å². The van der Waals surface area contributed by atoms with Gasteiger partial charge in [-0.1, -0.05) is 37.3 Å². The zero-order chi connectivity index (χ0) is 12.4. The Hall–Kier alpha value is -1.36. The van der Waals surface area contributed by atoms with E-state index in [-0.39, 0.29) is 0 Å². The molecule has 0 saturated heterocycles. The first kappa shape index (κ1) is 11.7. The van der Waals surface area contributed by atoms with Gasteiger partial charge in [0.1, 0.15) is 17.3 Å². The van der Waals surface area contributed by atoms with Crippen LogP contribution >= 0.6 is 11.6 Å². The van der Waals surface area contributed by atoms with Gasteiger partial charge in [-0.15, -0.1) is 0 Å². The molecule has 2 heterocycles. The molecule has 0 aromatic carbocycles. The Morgan fingerprint density at radius 2 is 2.22 bits per heavy atom. The first-order chi connectivity index (χ1) is 8.83. The van der Waals surface area contributed by atoms with Crippen molar-refractivity contribution in [3.05, 3.63) is 17.5 Å². The van der Waals surface area contributed by atoms with E-state index in [1.54, 1.807) is 10.6 Å². The van der Waals surface area contributed by atoms with Crippen LogP contribution in [0.5, 0.6) is 0 Å². The van der Waals surface area contributed by atoms with Gasteiger partial charge >= 0.3 is 0 Å². The molecule has 5 nitrogen and oxygen atoms in total. The van der Waals surface area contributed by atoms with E-state index < -0.39 is 0 Å². The molecule has 0 unspecified atom stereocenters. The van der Waals surface area contributed by atoms with Crippen LogP contribution in [-0.4, -0.2) is 26.1 Å². The van der Waals surface area contributed by atoms with Crippen LogP contribution in [0.15, 0.2) is 12.4 Å². The van der Waals surface area contributed by atoms with E-state index >= 15 is 0 Å². The summed E-state index contributed by atoms with van der Waals surface area (Å²) < 4.78 is 1.68. The van der Waals surface area contributed by atoms with Crippen molar-refractivity contribution in [1.82, 2.24) is 19.6 Å². The van der Waals surface area contributed by atoms with Gasteiger partial charge in [-0.25, -0.2) is 0 Å². The molecule has 1 fully saturated rings. The number of anilines is 1. The largest absolute Gasteiger partial charge is 0.370 e. The van der Waals surface area contributed by atoms with E-state index in [1.165, 1.54) is 38.4 Å². The van der Waals surface area contributed by atoms with Crippen molar-refractivity contribution in [2.45, 2.75) is 32.1 Å². The second-order valence-corrected chi connectivity index (χ2v) is 5.19. The van der Waals surface area contributed by atoms with Gasteiger partial charge in [0.2, 0.25) is 0 Å². The first-order valence-electron chi connectivity index (χ1n) is 6.43. The highest BCUT2D eigenvalue weighted by Crippen LogP contribution is 2.27. The maximum atomic E-state index is 5.95. The van der Waals surface area contributed by atoms with Gasteiger partial charge in [0.15, 0.2) is 0 Å². The molecular formula is C12H16ClN5. The fourth-order valence-corrected chi connectivity index (χ4v) is 2.79. The number of hydrogen-bond donors (Lipinski definition) is 1. The summed E-state index contributed by atoms with van der Waals surface area (Å²) in [7, 11) is 0. The molecule has 96 valence electrons. The van der Waals surface area contributed by atoms with Gasteiger partial charge in [0, 0.05) is 12.6 Å². The summed E-state index contributed by atoms with van der Waals surface area (Å²) in [6.07, 6.45) is 8.21. The van der Waals surface area contributed by atoms with Crippen molar-refractivity contribution in [2.75, 3.05) is 11.9 Å². The SMILES string of the molecule is Clc1cc(NCCC2CCCC2)n2ncnc2n1. The summed E-state index contributed by atoms with van der Waals surface area (Å²) >= 11 is 5.95. The summed E-state index contributed by atoms with van der Waals surface area (Å²) in [6, 6.07) is 1.79. The fourth-order valence-electron chi connectivity index (χ4n) is 2.61. The Labute approximate surface area is 111 Å². The first-order valence-corrected chi connectivity index (χ1v) is 6.81. The Morgan fingerprint density at radius 1 is 1.39 bits per heavy atom. The molecule has 3 rings (SSSR count). The summed E-state index contributed by atoms with van der Waals surface area (Å²) in [5, 5.41) is 7.95. The summed E-state index contributed by atoms with van der Waals surface area (Å²) in [4.78, 5) is 8.14. The van der Waals surface area contributed by atoms with Gasteiger partial charge in [-0.3, -0.25) is 0 Å². The number of rotatable bonds is 4. The van der Waals surface area contributed by atoms with E-state index in [1.807, 2.05) is 0 Å². The zero-order valence-electron chi connectivity index (χ0n) is 10.1. The third-order valence-electron chi connectivity index (χ3n) is 3.55. The van der Waals surface area contributed by atoms with E-state index in [0.717, 1.165) is 18.3 Å². The van der Waals surface area contributed by atoms with E-state index in [0.29, 0.717) is 10.9 Å². The molecule has 1 saturated carbocycles. The van der Waals surface area contributed by atoms with Crippen LogP contribution in [0.25, 0.3) is 5.78 Å². The highest BCUT2D eigenvalue weighted by atomic mass is 35.5. The lowest BCUT2D eigenvalue weighted by atomic mass is 10.0. The second-order valence-electron chi connectivity index (χ2n) is 4.80. The van der Waals surface area contributed by atoms with Crippen molar-refractivity contribution >= 4 is 23.2 Å². The lowest BCUT2D eigenvalue weighted by Crippen LogP contribution is -2.10. The quantitative estimate of drug-likeness (QED) is 0.864. The Morgan fingerprint density at radius 3 is 3.06 bits per heavy atom. The standard InChI is InChI=1S/C12H16ClN5/c13-10-7-11(18-12(17-10)15-8-16-18)14-6-5-9-3-1-2-4-9/h7-9,14H,1-6H2. The Balaban J connectivity index is 1.67. The minimum absolute atomic E-state index is 0.443. The lowest BCUT2D eigenvalue weighted by molar-refractivity contribution is 0.518. The smallest absolute Gasteiger partial charge is 0.255 e. The average Bonchev–Trinajstić information content (AvgIpc) is 2.98. The predicted molar refractivity (Wildman–Crippen MR) is 70.9 cm³/mol. The number of fused-ring (bicyclic) bond motifs is 1. The molecule has 1 aliphatic carbocycles. The molecule has 0 aliphatic heterocycles. The van der Waals surface area contributed by atoms with Crippen molar-refractivity contribution < 1.29 is 0 Å². The summed E-state index contributed by atoms with van der Waals surface area (Å²) in [6.45, 7) is 0.944. The fraction of sp³-hybridized carbons (Fsp3) is 0.583. The molecule has 6 heteroatoms. The molecular weight excluding hydrogens is 250 g/mol. The second kappa shape index (κ2) is 5.10. The van der Waals surface area contributed by atoms with Gasteiger partial charge in [0.05, 0.1) is 0 Å². The van der Waals surface area contributed by atoms with Gasteiger partial charge in [-0.2, -0.15) is 19.6 Å². The molecule has 18 heavy (non-hydrogen) atoms. The number of hydrogen-bond acceptors (Lipinski definition) is 4. The minimum Gasteiger partial charge on any atom is -0.370 e. The van der Waals surface area contributed by atoms with E-state index in [2.05, 4.69) is 20.4 Å².